The molecular formula is C13H12N2O3S. The number of nitrogens with one attached hydrogen (secondary N) is 1. The Morgan fingerprint density at radius 1 is 1.11 bits per heavy atom. The molecule has 2 aromatic rings. The van der Waals surface area contributed by atoms with Gasteiger partial charge in [0.05, 0.1) is 11.9 Å². The molecule has 0 saturated carbocycles. The van der Waals surface area contributed by atoms with Gasteiger partial charge in [0.1, 0.15) is 5.69 Å². The van der Waals surface area contributed by atoms with Crippen LogP contribution in [0.3, 0.4) is 0 Å². The maximum absolute atomic E-state index is 12.3. The summed E-state index contributed by atoms with van der Waals surface area (Å²) in [6.45, 7) is 0. The maximum Gasteiger partial charge on any atom is 0.229 e. The number of anilines is 1. The molecule has 0 aliphatic rings. The number of hydrogen-bond donors (Lipinski definition) is 1. The first-order valence-corrected chi connectivity index (χ1v) is 7.39. The Morgan fingerprint density at radius 2 is 1.79 bits per heavy atom. The van der Waals surface area contributed by atoms with E-state index in [-0.39, 0.29) is 22.7 Å². The number of benzene rings is 1. The average molecular weight is 276 g/mol. The maximum atomic E-state index is 12.3. The number of aromatic nitrogens is 1. The van der Waals surface area contributed by atoms with Crippen molar-refractivity contribution >= 4 is 21.5 Å². The number of sulfonamides is 1. The highest BCUT2D eigenvalue weighted by Crippen LogP contribution is 2.19. The van der Waals surface area contributed by atoms with Gasteiger partial charge in [-0.25, -0.2) is 8.42 Å². The third kappa shape index (κ3) is 3.38. The van der Waals surface area contributed by atoms with Gasteiger partial charge in [0, 0.05) is 11.8 Å². The monoisotopic (exact) mass is 276 g/mol. The van der Waals surface area contributed by atoms with Crippen molar-refractivity contribution in [2.24, 2.45) is 0 Å². The normalized spacial score (nSPS) is 11.0. The summed E-state index contributed by atoms with van der Waals surface area (Å²) in [4.78, 5) is 16.2. The fraction of sp³-hybridized carbons (Fsp3) is 0.0769. The molecule has 0 aliphatic carbocycles. The predicted octanol–water partition coefficient (Wildman–Crippen LogP) is 1.68. The van der Waals surface area contributed by atoms with Crippen LogP contribution in [0.25, 0.3) is 0 Å². The van der Waals surface area contributed by atoms with Crippen LogP contribution in [0.1, 0.15) is 16.1 Å². The van der Waals surface area contributed by atoms with E-state index in [0.717, 1.165) is 6.26 Å². The Bertz CT molecular complexity index is 697. The van der Waals surface area contributed by atoms with Crippen LogP contribution in [0.15, 0.2) is 48.7 Å². The number of hydrogen-bond acceptors (Lipinski definition) is 4. The van der Waals surface area contributed by atoms with Crippen LogP contribution in [0.4, 0.5) is 5.69 Å². The van der Waals surface area contributed by atoms with E-state index in [1.807, 2.05) is 0 Å². The number of para-hydroxylation sites is 1. The quantitative estimate of drug-likeness (QED) is 0.862. The number of rotatable bonds is 4. The van der Waals surface area contributed by atoms with Crippen LogP contribution in [0.5, 0.6) is 0 Å². The summed E-state index contributed by atoms with van der Waals surface area (Å²) < 4.78 is 24.9. The zero-order valence-electron chi connectivity index (χ0n) is 10.2. The van der Waals surface area contributed by atoms with Crippen LogP contribution >= 0.6 is 0 Å². The molecule has 0 unspecified atom stereocenters. The van der Waals surface area contributed by atoms with E-state index in [9.17, 15) is 13.2 Å². The molecule has 1 heterocycles. The SMILES string of the molecule is CS(=O)(=O)Nc1ccccc1C(=O)c1ccccn1. The van der Waals surface area contributed by atoms with Gasteiger partial charge in [-0.2, -0.15) is 0 Å². The lowest BCUT2D eigenvalue weighted by molar-refractivity contribution is 0.103. The van der Waals surface area contributed by atoms with Gasteiger partial charge in [0.25, 0.3) is 0 Å². The summed E-state index contributed by atoms with van der Waals surface area (Å²) in [5.41, 5.74) is 0.789. The van der Waals surface area contributed by atoms with Gasteiger partial charge in [-0.15, -0.1) is 0 Å². The lowest BCUT2D eigenvalue weighted by Gasteiger charge is -2.09. The fourth-order valence-electron chi connectivity index (χ4n) is 1.60. The molecule has 98 valence electrons. The number of nitrogens with zero attached hydrogens (tertiary/aromatic N) is 1. The summed E-state index contributed by atoms with van der Waals surface area (Å²) in [7, 11) is -3.44. The molecule has 1 N–H and O–H groups in total. The third-order valence-electron chi connectivity index (χ3n) is 2.36. The lowest BCUT2D eigenvalue weighted by Crippen LogP contribution is -2.14. The second-order valence-corrected chi connectivity index (χ2v) is 5.71. The molecule has 1 aromatic carbocycles. The first kappa shape index (κ1) is 13.2. The zero-order chi connectivity index (χ0) is 13.9. The van der Waals surface area contributed by atoms with E-state index in [1.165, 1.54) is 12.3 Å². The molecule has 0 saturated heterocycles. The van der Waals surface area contributed by atoms with Gasteiger partial charge in [-0.05, 0) is 24.3 Å². The minimum absolute atomic E-state index is 0.251. The highest BCUT2D eigenvalue weighted by Gasteiger charge is 2.15. The van der Waals surface area contributed by atoms with Crippen molar-refractivity contribution in [2.75, 3.05) is 11.0 Å². The Labute approximate surface area is 111 Å². The Morgan fingerprint density at radius 3 is 2.42 bits per heavy atom. The highest BCUT2D eigenvalue weighted by atomic mass is 32.2. The summed E-state index contributed by atoms with van der Waals surface area (Å²) in [6, 6.07) is 11.4. The van der Waals surface area contributed by atoms with Gasteiger partial charge in [0.2, 0.25) is 15.8 Å². The Hall–Kier alpha value is -2.21. The number of pyridine rings is 1. The lowest BCUT2D eigenvalue weighted by atomic mass is 10.1. The summed E-state index contributed by atoms with van der Waals surface area (Å²) in [5, 5.41) is 0. The van der Waals surface area contributed by atoms with Crippen molar-refractivity contribution in [2.45, 2.75) is 0 Å². The molecule has 2 rings (SSSR count). The summed E-state index contributed by atoms with van der Waals surface area (Å²) >= 11 is 0. The van der Waals surface area contributed by atoms with E-state index in [0.29, 0.717) is 0 Å². The smallest absolute Gasteiger partial charge is 0.229 e. The first-order chi connectivity index (χ1) is 8.97. The van der Waals surface area contributed by atoms with Crippen molar-refractivity contribution < 1.29 is 13.2 Å². The molecule has 6 heteroatoms. The molecule has 0 atom stereocenters. The van der Waals surface area contributed by atoms with E-state index in [4.69, 9.17) is 0 Å². The molecule has 0 radical (unpaired) electrons. The van der Waals surface area contributed by atoms with Crippen LogP contribution in [0, 0.1) is 0 Å². The van der Waals surface area contributed by atoms with E-state index in [2.05, 4.69) is 9.71 Å². The molecule has 0 bridgehead atoms. The molecular weight excluding hydrogens is 264 g/mol. The molecule has 0 fully saturated rings. The molecule has 0 spiro atoms. The van der Waals surface area contributed by atoms with Crippen molar-refractivity contribution in [1.29, 1.82) is 0 Å². The zero-order valence-corrected chi connectivity index (χ0v) is 11.0. The van der Waals surface area contributed by atoms with E-state index < -0.39 is 10.0 Å². The van der Waals surface area contributed by atoms with Crippen molar-refractivity contribution in [1.82, 2.24) is 4.98 Å². The van der Waals surface area contributed by atoms with Crippen LogP contribution < -0.4 is 4.72 Å². The molecule has 0 aliphatic heterocycles. The Kier molecular flexibility index (Phi) is 3.62. The van der Waals surface area contributed by atoms with Crippen LogP contribution in [-0.2, 0) is 10.0 Å². The molecule has 5 nitrogen and oxygen atoms in total. The summed E-state index contributed by atoms with van der Waals surface area (Å²) in [5.74, 6) is -0.327. The highest BCUT2D eigenvalue weighted by molar-refractivity contribution is 7.92. The van der Waals surface area contributed by atoms with Gasteiger partial charge in [-0.1, -0.05) is 18.2 Å². The van der Waals surface area contributed by atoms with Crippen LogP contribution in [0.2, 0.25) is 0 Å². The summed E-state index contributed by atoms with van der Waals surface area (Å²) in [6.07, 6.45) is 2.55. The largest absolute Gasteiger partial charge is 0.287 e. The predicted molar refractivity (Wildman–Crippen MR) is 72.6 cm³/mol. The van der Waals surface area contributed by atoms with Gasteiger partial charge in [-0.3, -0.25) is 14.5 Å². The minimum Gasteiger partial charge on any atom is -0.287 e. The van der Waals surface area contributed by atoms with E-state index in [1.54, 1.807) is 36.4 Å². The second-order valence-electron chi connectivity index (χ2n) is 3.96. The van der Waals surface area contributed by atoms with Crippen LogP contribution in [-0.4, -0.2) is 25.4 Å². The number of carbonyl (C=O) groups excluding carboxylic acids is 1. The van der Waals surface area contributed by atoms with Gasteiger partial charge < -0.3 is 0 Å². The molecule has 1 aromatic heterocycles. The fourth-order valence-corrected chi connectivity index (χ4v) is 2.18. The van der Waals surface area contributed by atoms with Gasteiger partial charge >= 0.3 is 0 Å². The Balaban J connectivity index is 2.43. The third-order valence-corrected chi connectivity index (χ3v) is 2.96. The van der Waals surface area contributed by atoms with Crippen molar-refractivity contribution in [3.63, 3.8) is 0 Å². The topological polar surface area (TPSA) is 76.1 Å². The number of ketones is 1. The van der Waals surface area contributed by atoms with E-state index >= 15 is 0 Å². The molecule has 19 heavy (non-hydrogen) atoms. The average Bonchev–Trinajstić information content (AvgIpc) is 2.38. The van der Waals surface area contributed by atoms with Crippen molar-refractivity contribution in [3.8, 4) is 0 Å². The first-order valence-electron chi connectivity index (χ1n) is 5.50. The van der Waals surface area contributed by atoms with Gasteiger partial charge in [0.15, 0.2) is 0 Å². The molecule has 0 amide bonds. The second kappa shape index (κ2) is 5.19. The minimum atomic E-state index is -3.44. The number of carbonyl (C=O) groups is 1. The van der Waals surface area contributed by atoms with Crippen molar-refractivity contribution in [3.05, 3.63) is 59.9 Å². The standard InChI is InChI=1S/C13H12N2O3S/c1-19(17,18)15-11-7-3-2-6-10(11)13(16)12-8-4-5-9-14-12/h2-9,15H,1H3.